The Hall–Kier alpha value is -2.70. The number of imidazole rings is 1. The SMILES string of the molecule is O=C(c1cn(CCC2CCCCC2)nn1)N1CCCC(c2nc3ccccc3[nH]2)C1. The monoisotopic (exact) mass is 406 g/mol. The molecule has 1 aliphatic carbocycles. The minimum absolute atomic E-state index is 0.0141. The molecule has 30 heavy (non-hydrogen) atoms. The molecule has 1 unspecified atom stereocenters. The van der Waals surface area contributed by atoms with E-state index in [4.69, 9.17) is 4.98 Å². The molecule has 2 aromatic heterocycles. The van der Waals surface area contributed by atoms with Crippen molar-refractivity contribution in [2.75, 3.05) is 13.1 Å². The van der Waals surface area contributed by atoms with Crippen molar-refractivity contribution in [1.29, 1.82) is 0 Å². The van der Waals surface area contributed by atoms with E-state index in [2.05, 4.69) is 15.3 Å². The highest BCUT2D eigenvalue weighted by Gasteiger charge is 2.28. The average molecular weight is 407 g/mol. The van der Waals surface area contributed by atoms with Gasteiger partial charge in [0, 0.05) is 25.6 Å². The third-order valence-electron chi connectivity index (χ3n) is 6.75. The van der Waals surface area contributed by atoms with Crippen molar-refractivity contribution in [3.63, 3.8) is 0 Å². The fraction of sp³-hybridized carbons (Fsp3) is 0.565. The average Bonchev–Trinajstić information content (AvgIpc) is 3.45. The molecule has 7 heteroatoms. The third-order valence-corrected chi connectivity index (χ3v) is 6.75. The maximum Gasteiger partial charge on any atom is 0.276 e. The van der Waals surface area contributed by atoms with Crippen molar-refractivity contribution in [2.24, 2.45) is 5.92 Å². The van der Waals surface area contributed by atoms with Gasteiger partial charge >= 0.3 is 0 Å². The Morgan fingerprint density at radius 1 is 1.10 bits per heavy atom. The molecule has 3 aromatic rings. The number of rotatable bonds is 5. The first-order valence-electron chi connectivity index (χ1n) is 11.4. The smallest absolute Gasteiger partial charge is 0.276 e. The zero-order valence-corrected chi connectivity index (χ0v) is 17.5. The van der Waals surface area contributed by atoms with Crippen LogP contribution in [0, 0.1) is 5.92 Å². The number of piperidine rings is 1. The lowest BCUT2D eigenvalue weighted by molar-refractivity contribution is 0.0699. The van der Waals surface area contributed by atoms with Gasteiger partial charge < -0.3 is 9.88 Å². The van der Waals surface area contributed by atoms with Crippen LogP contribution in [-0.2, 0) is 6.54 Å². The van der Waals surface area contributed by atoms with E-state index in [9.17, 15) is 4.79 Å². The molecule has 1 aliphatic heterocycles. The van der Waals surface area contributed by atoms with Crippen molar-refractivity contribution < 1.29 is 4.79 Å². The second-order valence-electron chi connectivity index (χ2n) is 8.89. The first kappa shape index (κ1) is 19.3. The molecule has 1 atom stereocenters. The Bertz CT molecular complexity index is 969. The van der Waals surface area contributed by atoms with Crippen molar-refractivity contribution in [2.45, 2.75) is 63.8 Å². The summed E-state index contributed by atoms with van der Waals surface area (Å²) < 4.78 is 1.85. The quantitative estimate of drug-likeness (QED) is 0.690. The molecule has 2 aliphatic rings. The van der Waals surface area contributed by atoms with Gasteiger partial charge in [0.05, 0.1) is 17.2 Å². The lowest BCUT2D eigenvalue weighted by Crippen LogP contribution is -2.39. The molecule has 7 nitrogen and oxygen atoms in total. The Morgan fingerprint density at radius 2 is 1.97 bits per heavy atom. The maximum atomic E-state index is 13.0. The van der Waals surface area contributed by atoms with Gasteiger partial charge in [-0.15, -0.1) is 5.10 Å². The number of nitrogens with one attached hydrogen (secondary N) is 1. The predicted octanol–water partition coefficient (Wildman–Crippen LogP) is 4.14. The highest BCUT2D eigenvalue weighted by atomic mass is 16.2. The largest absolute Gasteiger partial charge is 0.342 e. The van der Waals surface area contributed by atoms with Crippen LogP contribution in [0.1, 0.15) is 73.6 Å². The summed E-state index contributed by atoms with van der Waals surface area (Å²) >= 11 is 0. The van der Waals surface area contributed by atoms with Gasteiger partial charge in [-0.2, -0.15) is 0 Å². The molecule has 1 saturated carbocycles. The summed E-state index contributed by atoms with van der Waals surface area (Å²) in [7, 11) is 0. The zero-order chi connectivity index (χ0) is 20.3. The lowest BCUT2D eigenvalue weighted by Gasteiger charge is -2.31. The number of H-pyrrole nitrogens is 1. The minimum Gasteiger partial charge on any atom is -0.342 e. The Balaban J connectivity index is 1.22. The number of aryl methyl sites for hydroxylation is 1. The van der Waals surface area contributed by atoms with Crippen molar-refractivity contribution in [1.82, 2.24) is 29.9 Å². The normalized spacial score (nSPS) is 20.7. The van der Waals surface area contributed by atoms with E-state index >= 15 is 0 Å². The molecule has 1 amide bonds. The minimum atomic E-state index is -0.0141. The molecular weight excluding hydrogens is 376 g/mol. The molecule has 0 spiro atoms. The van der Waals surface area contributed by atoms with Crippen LogP contribution in [0.3, 0.4) is 0 Å². The van der Waals surface area contributed by atoms with Gasteiger partial charge in [-0.1, -0.05) is 49.5 Å². The Kier molecular flexibility index (Phi) is 5.51. The molecule has 0 bridgehead atoms. The number of para-hydroxylation sites is 2. The molecule has 5 rings (SSSR count). The summed E-state index contributed by atoms with van der Waals surface area (Å²) in [6, 6.07) is 8.08. The second kappa shape index (κ2) is 8.58. The number of likely N-dealkylation sites (tertiary alicyclic amines) is 1. The van der Waals surface area contributed by atoms with E-state index in [1.54, 1.807) is 0 Å². The van der Waals surface area contributed by atoms with Gasteiger partial charge in [-0.3, -0.25) is 9.48 Å². The number of aromatic amines is 1. The van der Waals surface area contributed by atoms with Crippen LogP contribution in [0.15, 0.2) is 30.5 Å². The Labute approximate surface area is 176 Å². The molecule has 2 fully saturated rings. The number of hydrogen-bond donors (Lipinski definition) is 1. The van der Waals surface area contributed by atoms with Crippen LogP contribution >= 0.6 is 0 Å². The van der Waals surface area contributed by atoms with Gasteiger partial charge in [-0.05, 0) is 37.3 Å². The second-order valence-corrected chi connectivity index (χ2v) is 8.89. The number of nitrogens with zero attached hydrogens (tertiary/aromatic N) is 5. The molecule has 3 heterocycles. The highest BCUT2D eigenvalue weighted by molar-refractivity contribution is 5.92. The van der Waals surface area contributed by atoms with Crippen molar-refractivity contribution in [3.8, 4) is 0 Å². The van der Waals surface area contributed by atoms with Crippen molar-refractivity contribution >= 4 is 16.9 Å². The summed E-state index contributed by atoms with van der Waals surface area (Å²) in [5, 5.41) is 8.41. The maximum absolute atomic E-state index is 13.0. The number of carbonyl (C=O) groups is 1. The van der Waals surface area contributed by atoms with Crippen LogP contribution in [-0.4, -0.2) is 48.9 Å². The summed E-state index contributed by atoms with van der Waals surface area (Å²) in [4.78, 5) is 23.1. The van der Waals surface area contributed by atoms with Crippen LogP contribution in [0.2, 0.25) is 0 Å². The zero-order valence-electron chi connectivity index (χ0n) is 17.5. The third kappa shape index (κ3) is 4.11. The molecule has 0 radical (unpaired) electrons. The van der Waals surface area contributed by atoms with Gasteiger partial charge in [0.15, 0.2) is 5.69 Å². The van der Waals surface area contributed by atoms with Crippen LogP contribution in [0.4, 0.5) is 0 Å². The number of benzene rings is 1. The first-order valence-corrected chi connectivity index (χ1v) is 11.4. The van der Waals surface area contributed by atoms with Gasteiger partial charge in [0.2, 0.25) is 0 Å². The lowest BCUT2D eigenvalue weighted by atomic mass is 9.87. The number of fused-ring (bicyclic) bond motifs is 1. The number of hydrogen-bond acceptors (Lipinski definition) is 4. The fourth-order valence-electron chi connectivity index (χ4n) is 5.01. The van der Waals surface area contributed by atoms with Gasteiger partial charge in [0.25, 0.3) is 5.91 Å². The fourth-order valence-corrected chi connectivity index (χ4v) is 5.01. The van der Waals surface area contributed by atoms with E-state index < -0.39 is 0 Å². The predicted molar refractivity (Wildman–Crippen MR) is 115 cm³/mol. The van der Waals surface area contributed by atoms with Crippen molar-refractivity contribution in [3.05, 3.63) is 42.0 Å². The van der Waals surface area contributed by atoms with E-state index in [0.717, 1.165) is 55.1 Å². The topological polar surface area (TPSA) is 79.7 Å². The molecule has 1 saturated heterocycles. The van der Waals surface area contributed by atoms with Crippen LogP contribution in [0.25, 0.3) is 11.0 Å². The molecule has 1 aromatic carbocycles. The first-order chi connectivity index (χ1) is 14.8. The summed E-state index contributed by atoms with van der Waals surface area (Å²) in [5.41, 5.74) is 2.50. The highest BCUT2D eigenvalue weighted by Crippen LogP contribution is 2.28. The molecular formula is C23H30N6O. The summed E-state index contributed by atoms with van der Waals surface area (Å²) in [5.74, 6) is 2.00. The van der Waals surface area contributed by atoms with E-state index in [-0.39, 0.29) is 11.8 Å². The number of carbonyl (C=O) groups excluding carboxylic acids is 1. The summed E-state index contributed by atoms with van der Waals surface area (Å²) in [6.07, 6.45) is 11.7. The molecule has 158 valence electrons. The van der Waals surface area contributed by atoms with E-state index in [0.29, 0.717) is 12.2 Å². The van der Waals surface area contributed by atoms with E-state index in [1.165, 1.54) is 32.1 Å². The van der Waals surface area contributed by atoms with Crippen LogP contribution < -0.4 is 0 Å². The summed E-state index contributed by atoms with van der Waals surface area (Å²) in [6.45, 7) is 2.30. The van der Waals surface area contributed by atoms with Crippen LogP contribution in [0.5, 0.6) is 0 Å². The standard InChI is InChI=1S/C23H30N6O/c30-23(21-16-29(27-26-21)14-12-17-7-2-1-3-8-17)28-13-6-9-18(15-28)22-24-19-10-4-5-11-20(19)25-22/h4-5,10-11,16-18H,1-3,6-9,12-15H2,(H,24,25). The molecule has 1 N–H and O–H groups in total. The van der Waals surface area contributed by atoms with E-state index in [1.807, 2.05) is 40.0 Å². The van der Waals surface area contributed by atoms with Gasteiger partial charge in [0.1, 0.15) is 5.82 Å². The number of amides is 1. The number of aromatic nitrogens is 5. The Morgan fingerprint density at radius 3 is 2.83 bits per heavy atom. The van der Waals surface area contributed by atoms with Gasteiger partial charge in [-0.25, -0.2) is 4.98 Å².